The van der Waals surface area contributed by atoms with Crippen LogP contribution in [0.3, 0.4) is 0 Å². The van der Waals surface area contributed by atoms with Crippen LogP contribution in [-0.4, -0.2) is 53.9 Å². The maximum absolute atomic E-state index is 12.7. The third-order valence-electron chi connectivity index (χ3n) is 4.01. The van der Waals surface area contributed by atoms with Crippen LogP contribution in [0.1, 0.15) is 42.2 Å². The van der Waals surface area contributed by atoms with Crippen molar-refractivity contribution in [2.24, 2.45) is 5.84 Å². The SMILES string of the molecule is CC(C)c1cc(C(=O)N2CCC(N(C)C)C2)cc(NN)n1. The predicted molar refractivity (Wildman–Crippen MR) is 84.1 cm³/mol. The number of hydrogen-bond acceptors (Lipinski definition) is 5. The molecule has 116 valence electrons. The monoisotopic (exact) mass is 291 g/mol. The molecule has 0 saturated carbocycles. The fourth-order valence-corrected chi connectivity index (χ4v) is 2.58. The van der Waals surface area contributed by atoms with Crippen molar-refractivity contribution in [3.05, 3.63) is 23.4 Å². The number of likely N-dealkylation sites (tertiary alicyclic amines) is 1. The van der Waals surface area contributed by atoms with Gasteiger partial charge in [0.05, 0.1) is 0 Å². The van der Waals surface area contributed by atoms with Crippen molar-refractivity contribution in [1.82, 2.24) is 14.8 Å². The quantitative estimate of drug-likeness (QED) is 0.645. The molecule has 1 aromatic rings. The van der Waals surface area contributed by atoms with Gasteiger partial charge < -0.3 is 15.2 Å². The maximum Gasteiger partial charge on any atom is 0.254 e. The molecular formula is C15H25N5O. The number of carbonyl (C=O) groups excluding carboxylic acids is 1. The van der Waals surface area contributed by atoms with Gasteiger partial charge in [0, 0.05) is 30.4 Å². The van der Waals surface area contributed by atoms with E-state index in [-0.39, 0.29) is 11.8 Å². The minimum Gasteiger partial charge on any atom is -0.337 e. The van der Waals surface area contributed by atoms with Gasteiger partial charge in [-0.15, -0.1) is 0 Å². The first-order chi connectivity index (χ1) is 9.92. The summed E-state index contributed by atoms with van der Waals surface area (Å²) in [5.41, 5.74) is 4.07. The molecule has 3 N–H and O–H groups in total. The van der Waals surface area contributed by atoms with Gasteiger partial charge in [-0.05, 0) is 38.6 Å². The van der Waals surface area contributed by atoms with Crippen LogP contribution in [-0.2, 0) is 0 Å². The first-order valence-corrected chi connectivity index (χ1v) is 7.36. The molecule has 1 unspecified atom stereocenters. The molecule has 1 atom stereocenters. The normalized spacial score (nSPS) is 18.6. The molecule has 6 nitrogen and oxygen atoms in total. The third-order valence-corrected chi connectivity index (χ3v) is 4.01. The van der Waals surface area contributed by atoms with Crippen LogP contribution in [0.4, 0.5) is 5.82 Å². The van der Waals surface area contributed by atoms with E-state index in [1.165, 1.54) is 0 Å². The molecule has 1 amide bonds. The number of carbonyl (C=O) groups is 1. The summed E-state index contributed by atoms with van der Waals surface area (Å²) >= 11 is 0. The second-order valence-corrected chi connectivity index (χ2v) is 6.12. The molecule has 1 aromatic heterocycles. The van der Waals surface area contributed by atoms with Crippen LogP contribution < -0.4 is 11.3 Å². The highest BCUT2D eigenvalue weighted by molar-refractivity contribution is 5.95. The average Bonchev–Trinajstić information content (AvgIpc) is 2.95. The van der Waals surface area contributed by atoms with Crippen molar-refractivity contribution in [3.8, 4) is 0 Å². The number of nitrogen functional groups attached to an aromatic ring is 1. The lowest BCUT2D eigenvalue weighted by Gasteiger charge is -2.21. The van der Waals surface area contributed by atoms with E-state index in [1.54, 1.807) is 6.07 Å². The number of hydrogen-bond donors (Lipinski definition) is 2. The van der Waals surface area contributed by atoms with E-state index in [2.05, 4.69) is 43.3 Å². The Morgan fingerprint density at radius 1 is 1.48 bits per heavy atom. The summed E-state index contributed by atoms with van der Waals surface area (Å²) in [6.07, 6.45) is 1.02. The zero-order valence-corrected chi connectivity index (χ0v) is 13.3. The second-order valence-electron chi connectivity index (χ2n) is 6.12. The lowest BCUT2D eigenvalue weighted by atomic mass is 10.1. The van der Waals surface area contributed by atoms with Gasteiger partial charge in [-0.3, -0.25) is 4.79 Å². The van der Waals surface area contributed by atoms with Crippen molar-refractivity contribution in [3.63, 3.8) is 0 Å². The fraction of sp³-hybridized carbons (Fsp3) is 0.600. The minimum atomic E-state index is 0.0557. The minimum absolute atomic E-state index is 0.0557. The van der Waals surface area contributed by atoms with Gasteiger partial charge in [0.2, 0.25) is 0 Å². The van der Waals surface area contributed by atoms with Crippen molar-refractivity contribution >= 4 is 11.7 Å². The van der Waals surface area contributed by atoms with Gasteiger partial charge in [0.15, 0.2) is 0 Å². The first-order valence-electron chi connectivity index (χ1n) is 7.36. The van der Waals surface area contributed by atoms with Crippen molar-refractivity contribution in [2.45, 2.75) is 32.2 Å². The smallest absolute Gasteiger partial charge is 0.254 e. The molecule has 0 spiro atoms. The van der Waals surface area contributed by atoms with E-state index in [1.807, 2.05) is 11.0 Å². The molecule has 0 aliphatic carbocycles. The highest BCUT2D eigenvalue weighted by Gasteiger charge is 2.28. The zero-order valence-electron chi connectivity index (χ0n) is 13.3. The fourth-order valence-electron chi connectivity index (χ4n) is 2.58. The Bertz CT molecular complexity index is 515. The standard InChI is InChI=1S/C15H25N5O/c1-10(2)13-7-11(8-14(17-13)18-16)15(21)20-6-5-12(9-20)19(3)4/h7-8,10,12H,5-6,9,16H2,1-4H3,(H,17,18). The summed E-state index contributed by atoms with van der Waals surface area (Å²) in [7, 11) is 4.11. The number of nitrogens with one attached hydrogen (secondary N) is 1. The van der Waals surface area contributed by atoms with Crippen LogP contribution >= 0.6 is 0 Å². The van der Waals surface area contributed by atoms with Gasteiger partial charge >= 0.3 is 0 Å². The van der Waals surface area contributed by atoms with Gasteiger partial charge in [0.1, 0.15) is 5.82 Å². The highest BCUT2D eigenvalue weighted by Crippen LogP contribution is 2.21. The van der Waals surface area contributed by atoms with E-state index in [9.17, 15) is 4.79 Å². The third kappa shape index (κ3) is 3.51. The van der Waals surface area contributed by atoms with Gasteiger partial charge in [-0.1, -0.05) is 13.8 Å². The molecule has 2 rings (SSSR count). The largest absolute Gasteiger partial charge is 0.337 e. The van der Waals surface area contributed by atoms with Gasteiger partial charge in [0.25, 0.3) is 5.91 Å². The second kappa shape index (κ2) is 6.41. The number of hydrazine groups is 1. The van der Waals surface area contributed by atoms with Crippen molar-refractivity contribution < 1.29 is 4.79 Å². The number of rotatable bonds is 4. The molecular weight excluding hydrogens is 266 g/mol. The van der Waals surface area contributed by atoms with Crippen LogP contribution in [0.25, 0.3) is 0 Å². The molecule has 1 aliphatic heterocycles. The first kappa shape index (κ1) is 15.7. The highest BCUT2D eigenvalue weighted by atomic mass is 16.2. The Balaban J connectivity index is 2.21. The molecule has 2 heterocycles. The van der Waals surface area contributed by atoms with Gasteiger partial charge in [-0.2, -0.15) is 0 Å². The molecule has 6 heteroatoms. The number of amides is 1. The summed E-state index contributed by atoms with van der Waals surface area (Å²) in [6, 6.07) is 4.03. The summed E-state index contributed by atoms with van der Waals surface area (Å²) in [5.74, 6) is 6.30. The molecule has 21 heavy (non-hydrogen) atoms. The van der Waals surface area contributed by atoms with E-state index >= 15 is 0 Å². The number of anilines is 1. The molecule has 1 aliphatic rings. The number of nitrogens with two attached hydrogens (primary N) is 1. The Morgan fingerprint density at radius 2 is 2.19 bits per heavy atom. The van der Waals surface area contributed by atoms with Crippen LogP contribution in [0.5, 0.6) is 0 Å². The lowest BCUT2D eigenvalue weighted by Crippen LogP contribution is -2.34. The molecule has 1 fully saturated rings. The van der Waals surface area contributed by atoms with E-state index in [4.69, 9.17) is 5.84 Å². The Morgan fingerprint density at radius 3 is 2.71 bits per heavy atom. The maximum atomic E-state index is 12.7. The number of likely N-dealkylation sites (N-methyl/N-ethyl adjacent to an activating group) is 1. The summed E-state index contributed by atoms with van der Waals surface area (Å²) < 4.78 is 0. The zero-order chi connectivity index (χ0) is 15.6. The van der Waals surface area contributed by atoms with Crippen molar-refractivity contribution in [1.29, 1.82) is 0 Å². The van der Waals surface area contributed by atoms with Crippen LogP contribution in [0.15, 0.2) is 12.1 Å². The number of aromatic nitrogens is 1. The van der Waals surface area contributed by atoms with Crippen LogP contribution in [0.2, 0.25) is 0 Å². The Hall–Kier alpha value is -1.66. The topological polar surface area (TPSA) is 74.5 Å². The van der Waals surface area contributed by atoms with E-state index in [0.717, 1.165) is 25.2 Å². The lowest BCUT2D eigenvalue weighted by molar-refractivity contribution is 0.0783. The average molecular weight is 291 g/mol. The number of nitrogens with zero attached hydrogens (tertiary/aromatic N) is 3. The summed E-state index contributed by atoms with van der Waals surface area (Å²) in [5, 5.41) is 0. The predicted octanol–water partition coefficient (Wildman–Crippen LogP) is 1.27. The number of pyridine rings is 1. The van der Waals surface area contributed by atoms with E-state index < -0.39 is 0 Å². The Labute approximate surface area is 126 Å². The molecule has 1 saturated heterocycles. The van der Waals surface area contributed by atoms with Crippen molar-refractivity contribution in [2.75, 3.05) is 32.6 Å². The summed E-state index contributed by atoms with van der Waals surface area (Å²) in [6.45, 7) is 5.67. The Kier molecular flexibility index (Phi) is 4.80. The molecule has 0 aromatic carbocycles. The summed E-state index contributed by atoms with van der Waals surface area (Å²) in [4.78, 5) is 21.1. The van der Waals surface area contributed by atoms with Crippen LogP contribution in [0, 0.1) is 0 Å². The van der Waals surface area contributed by atoms with E-state index in [0.29, 0.717) is 17.4 Å². The van der Waals surface area contributed by atoms with Gasteiger partial charge in [-0.25, -0.2) is 10.8 Å². The molecule has 0 radical (unpaired) electrons. The molecule has 0 bridgehead atoms.